The van der Waals surface area contributed by atoms with E-state index in [1.165, 1.54) is 6.92 Å². The summed E-state index contributed by atoms with van der Waals surface area (Å²) in [6.07, 6.45) is 0.165. The second-order valence-corrected chi connectivity index (χ2v) is 22.5. The number of aliphatic carboxylic acids is 1. The first kappa shape index (κ1) is 75.6. The molecule has 0 spiro atoms. The third-order valence-electron chi connectivity index (χ3n) is 11.1. The van der Waals surface area contributed by atoms with E-state index >= 15 is 0 Å². The Morgan fingerprint density at radius 3 is 2.13 bits per heavy atom. The van der Waals surface area contributed by atoms with Crippen LogP contribution in [0.3, 0.4) is 0 Å². The monoisotopic (exact) mass is 1340 g/mol. The fourth-order valence-corrected chi connectivity index (χ4v) is 8.91. The molecule has 23 nitrogen and oxygen atoms in total. The van der Waals surface area contributed by atoms with Crippen molar-refractivity contribution in [3.8, 4) is 11.4 Å². The highest BCUT2D eigenvalue weighted by Crippen LogP contribution is 2.35. The number of ether oxygens (including phenoxy) is 3. The number of para-hydroxylation sites is 3. The topological polar surface area (TPSA) is 295 Å². The van der Waals surface area contributed by atoms with Crippen molar-refractivity contribution < 1.29 is 66.0 Å². The number of aryl methyl sites for hydroxylation is 3. The van der Waals surface area contributed by atoms with E-state index in [9.17, 15) is 41.7 Å². The van der Waals surface area contributed by atoms with Gasteiger partial charge in [-0.05, 0) is 114 Å². The highest BCUT2D eigenvalue weighted by molar-refractivity contribution is 7.51. The molecule has 3 unspecified atom stereocenters. The first-order valence-electron chi connectivity index (χ1n) is 25.8. The Bertz CT molecular complexity index is 3090. The number of nitrogens with one attached hydrogen (secondary N) is 3. The number of rotatable bonds is 21. The van der Waals surface area contributed by atoms with Crippen LogP contribution in [-0.4, -0.2) is 148 Å². The quantitative estimate of drug-likeness (QED) is 0.0226. The Hall–Kier alpha value is -5.51. The van der Waals surface area contributed by atoms with Crippen molar-refractivity contribution >= 4 is 124 Å². The normalized spacial score (nSPS) is 13.2. The molecule has 3 aromatic carbocycles. The van der Waals surface area contributed by atoms with Crippen LogP contribution in [-0.2, 0) is 46.1 Å². The minimum Gasteiger partial charge on any atom is -0.489 e. The summed E-state index contributed by atoms with van der Waals surface area (Å²) in [6, 6.07) is 15.6. The van der Waals surface area contributed by atoms with E-state index < -0.39 is 60.6 Å². The van der Waals surface area contributed by atoms with Crippen LogP contribution in [0.15, 0.2) is 59.4 Å². The van der Waals surface area contributed by atoms with E-state index in [-0.39, 0.29) is 80.8 Å². The second kappa shape index (κ2) is 37.2. The molecule has 0 saturated carbocycles. The van der Waals surface area contributed by atoms with Gasteiger partial charge in [0.05, 0.1) is 49.5 Å². The number of esters is 1. The number of methoxy groups -OCH3 is 1. The van der Waals surface area contributed by atoms with Crippen LogP contribution in [0.1, 0.15) is 77.5 Å². The Balaban J connectivity index is 0.000000375. The molecule has 0 aliphatic carbocycles. The number of amides is 2. The van der Waals surface area contributed by atoms with Crippen molar-refractivity contribution in [3.63, 3.8) is 0 Å². The molecule has 1 aliphatic rings. The van der Waals surface area contributed by atoms with Crippen molar-refractivity contribution in [2.45, 2.75) is 110 Å². The van der Waals surface area contributed by atoms with Gasteiger partial charge in [-0.25, -0.2) is 13.8 Å². The second-order valence-electron chi connectivity index (χ2n) is 18.2. The van der Waals surface area contributed by atoms with E-state index in [1.807, 2.05) is 77.9 Å². The smallest absolute Gasteiger partial charge is 0.355 e. The lowest BCUT2D eigenvalue weighted by molar-refractivity contribution is -0.142. The predicted molar refractivity (Wildman–Crippen MR) is 324 cm³/mol. The number of carbonyl (C=O) groups is 4. The predicted octanol–water partition coefficient (Wildman–Crippen LogP) is 9.58. The lowest BCUT2D eigenvalue weighted by Gasteiger charge is -2.35. The molecule has 85 heavy (non-hydrogen) atoms. The SMILES string of the molecule is CC1COc2ccccc2N1C(=O)C(Cl)Cl.CCNc1nc(Cl)nc(NC(C)C)n1.CCOC(=O)C(Cl)Cc1cc(-n2nc(C)n(C(F)F)c2=O)c(F)cc1Cl.CCc1cccc(C)c1N(C(=O)CCl)C(C)COC.O=C(O)CNCP(=O)(O)O. The summed E-state index contributed by atoms with van der Waals surface area (Å²) in [5, 5.41) is 18.8. The van der Waals surface area contributed by atoms with Gasteiger partial charge in [0.15, 0.2) is 10.7 Å². The average Bonchev–Trinajstić information content (AvgIpc) is 2.71. The van der Waals surface area contributed by atoms with Gasteiger partial charge < -0.3 is 49.5 Å². The number of carboxylic acids is 1. The molecule has 0 bridgehead atoms. The Kier molecular flexibility index (Phi) is 33.1. The van der Waals surface area contributed by atoms with Crippen LogP contribution in [0, 0.1) is 19.7 Å². The zero-order valence-electron chi connectivity index (χ0n) is 48.0. The summed E-state index contributed by atoms with van der Waals surface area (Å²) in [7, 11) is -2.46. The molecule has 2 amide bonds. The van der Waals surface area contributed by atoms with Gasteiger partial charge in [0.2, 0.25) is 23.1 Å². The minimum atomic E-state index is -4.10. The molecule has 33 heteroatoms. The highest BCUT2D eigenvalue weighted by atomic mass is 35.5. The lowest BCUT2D eigenvalue weighted by atomic mass is 10.0. The molecule has 6 N–H and O–H groups in total. The number of hydrogen-bond donors (Lipinski definition) is 6. The molecule has 0 radical (unpaired) electrons. The molecule has 1 aliphatic heterocycles. The first-order valence-corrected chi connectivity index (χ1v) is 30.2. The fourth-order valence-electron chi connectivity index (χ4n) is 7.55. The minimum absolute atomic E-state index is 0.0223. The van der Waals surface area contributed by atoms with Crippen molar-refractivity contribution in [1.82, 2.24) is 34.6 Å². The number of nitrogens with zero attached hydrogens (tertiary/aromatic N) is 8. The summed E-state index contributed by atoms with van der Waals surface area (Å²) >= 11 is 34.6. The fraction of sp³-hybridized carbons (Fsp3) is 0.481. The van der Waals surface area contributed by atoms with E-state index in [4.69, 9.17) is 98.7 Å². The number of halogens is 9. The maximum atomic E-state index is 14.2. The molecule has 0 fully saturated rings. The summed E-state index contributed by atoms with van der Waals surface area (Å²) < 4.78 is 66.2. The summed E-state index contributed by atoms with van der Waals surface area (Å²) in [4.78, 5) is 88.2. The van der Waals surface area contributed by atoms with Crippen LogP contribution in [0.2, 0.25) is 10.3 Å². The zero-order chi connectivity index (χ0) is 64.5. The van der Waals surface area contributed by atoms with Crippen molar-refractivity contribution in [2.75, 3.05) is 72.6 Å². The molecule has 2 aromatic heterocycles. The molecular formula is C52H69Cl6F3N11O12P. The molecular weight excluding hydrogens is 1270 g/mol. The molecule has 6 rings (SSSR count). The van der Waals surface area contributed by atoms with Crippen LogP contribution in [0.5, 0.6) is 5.75 Å². The maximum Gasteiger partial charge on any atom is 0.355 e. The third kappa shape index (κ3) is 24.7. The molecule has 472 valence electrons. The summed E-state index contributed by atoms with van der Waals surface area (Å²) in [5.74, 6) is -1.81. The van der Waals surface area contributed by atoms with E-state index in [2.05, 4.69) is 49.0 Å². The van der Waals surface area contributed by atoms with Gasteiger partial charge in [-0.2, -0.15) is 28.4 Å². The summed E-state index contributed by atoms with van der Waals surface area (Å²) in [5.41, 5.74) is 2.56. The lowest BCUT2D eigenvalue weighted by Crippen LogP contribution is -2.47. The van der Waals surface area contributed by atoms with Gasteiger partial charge in [0.25, 0.3) is 5.91 Å². The van der Waals surface area contributed by atoms with Crippen LogP contribution >= 0.6 is 77.2 Å². The van der Waals surface area contributed by atoms with Crippen molar-refractivity contribution in [1.29, 1.82) is 0 Å². The standard InChI is InChI=1S/C15H14Cl2F3N3O3.C15H22ClNO2.C11H11Cl2NO2.C8H14ClN5.C3H8NO5P/c1-3-26-13(24)10(17)4-8-5-12(11(18)6-9(8)16)23-15(25)22(14(19)20)7(2)21-23;1-5-13-8-6-7-11(2)15(13)17(14(18)9-16)12(3)10-19-4;1-7-6-16-9-5-3-2-4-8(9)14(7)11(15)10(12)13;1-4-10-7-12-6(9)13-8(14-7)11-5(2)3;5-3(6)1-4-2-10(7,8)9/h5-6,10,14H,3-4H2,1-2H3;6-8,12H,5,9-10H2,1-4H3;2-5,7,10H,6H2,1H3;5H,4H2,1-3H3,(H2,10,11,12,13,14);4H,1-2H2,(H,5,6)(H2,7,8,9). The zero-order valence-corrected chi connectivity index (χ0v) is 53.4. The van der Waals surface area contributed by atoms with Gasteiger partial charge in [-0.3, -0.25) is 29.1 Å². The molecule has 3 atom stereocenters. The van der Waals surface area contributed by atoms with Gasteiger partial charge >= 0.3 is 31.8 Å². The average molecular weight is 1340 g/mol. The number of carboxylic acid groups (broad SMARTS) is 1. The number of benzene rings is 3. The largest absolute Gasteiger partial charge is 0.489 e. The Morgan fingerprint density at radius 1 is 0.941 bits per heavy atom. The van der Waals surface area contributed by atoms with E-state index in [0.717, 1.165) is 47.6 Å². The number of anilines is 4. The van der Waals surface area contributed by atoms with Crippen molar-refractivity contribution in [2.24, 2.45) is 0 Å². The van der Waals surface area contributed by atoms with Gasteiger partial charge in [-0.15, -0.1) is 28.3 Å². The number of alkyl halides is 6. The highest BCUT2D eigenvalue weighted by Gasteiger charge is 2.32. The van der Waals surface area contributed by atoms with Crippen LogP contribution in [0.4, 0.5) is 36.4 Å². The number of aromatic nitrogens is 6. The van der Waals surface area contributed by atoms with Crippen LogP contribution < -0.4 is 36.2 Å². The Morgan fingerprint density at radius 2 is 1.59 bits per heavy atom. The van der Waals surface area contributed by atoms with Crippen LogP contribution in [0.25, 0.3) is 5.69 Å². The number of hydrogen-bond acceptors (Lipinski definition) is 16. The van der Waals surface area contributed by atoms with Gasteiger partial charge in [-0.1, -0.05) is 72.1 Å². The van der Waals surface area contributed by atoms with Crippen molar-refractivity contribution in [3.05, 3.63) is 104 Å². The third-order valence-corrected chi connectivity index (χ3v) is 13.2. The maximum absolute atomic E-state index is 14.2. The molecule has 3 heterocycles. The Labute approximate surface area is 519 Å². The molecule has 5 aromatic rings. The summed E-state index contributed by atoms with van der Waals surface area (Å²) in [6.45, 7) is 15.0. The number of carbonyl (C=O) groups excluding carboxylic acids is 3. The molecule has 0 saturated heterocycles. The van der Waals surface area contributed by atoms with Gasteiger partial charge in [0, 0.05) is 31.1 Å². The van der Waals surface area contributed by atoms with E-state index in [0.29, 0.717) is 35.5 Å². The first-order chi connectivity index (χ1) is 39.9. The number of fused-ring (bicyclic) bond motifs is 1. The van der Waals surface area contributed by atoms with E-state index in [1.54, 1.807) is 23.8 Å². The van der Waals surface area contributed by atoms with Gasteiger partial charge in [0.1, 0.15) is 35.1 Å².